The van der Waals surface area contributed by atoms with Gasteiger partial charge in [0, 0.05) is 5.56 Å². The monoisotopic (exact) mass is 602 g/mol. The van der Waals surface area contributed by atoms with Crippen molar-refractivity contribution < 1.29 is 32.3 Å². The van der Waals surface area contributed by atoms with Crippen LogP contribution in [0.25, 0.3) is 22.5 Å². The average molecular weight is 603 g/mol. The van der Waals surface area contributed by atoms with E-state index in [0.717, 1.165) is 35.6 Å². The first-order valence-electron chi connectivity index (χ1n) is 14.2. The minimum Gasteiger partial charge on any atom is -0.465 e. The van der Waals surface area contributed by atoms with E-state index >= 15 is 0 Å². The molecule has 1 unspecified atom stereocenters. The summed E-state index contributed by atoms with van der Waals surface area (Å²) in [6, 6.07) is 20.7. The highest BCUT2D eigenvalue weighted by atomic mass is 19.4. The van der Waals surface area contributed by atoms with Gasteiger partial charge in [-0.05, 0) is 55.0 Å². The number of benzene rings is 3. The van der Waals surface area contributed by atoms with Crippen molar-refractivity contribution in [3.05, 3.63) is 113 Å². The smallest absolute Gasteiger partial charge is 0.416 e. The number of esters is 1. The molecule has 0 amide bonds. The molecule has 1 fully saturated rings. The van der Waals surface area contributed by atoms with Gasteiger partial charge in [-0.25, -0.2) is 4.68 Å². The zero-order chi connectivity index (χ0) is 31.1. The summed E-state index contributed by atoms with van der Waals surface area (Å²) >= 11 is 0. The normalized spacial score (nSPS) is 14.8. The molecule has 1 aliphatic rings. The number of hydrogen-bond acceptors (Lipinski definition) is 7. The van der Waals surface area contributed by atoms with E-state index in [9.17, 15) is 23.1 Å². The Morgan fingerprint density at radius 1 is 1.02 bits per heavy atom. The summed E-state index contributed by atoms with van der Waals surface area (Å²) in [4.78, 5) is 12.4. The van der Waals surface area contributed by atoms with E-state index in [1.807, 2.05) is 48.5 Å². The molecule has 0 radical (unpaired) electrons. The average Bonchev–Trinajstić information content (AvgIpc) is 3.55. The lowest BCUT2D eigenvalue weighted by Gasteiger charge is -2.14. The van der Waals surface area contributed by atoms with Gasteiger partial charge in [-0.15, -0.1) is 5.10 Å². The number of nitrogens with zero attached hydrogens (tertiary/aromatic N) is 4. The van der Waals surface area contributed by atoms with Crippen LogP contribution in [0, 0.1) is 6.92 Å². The quantitative estimate of drug-likeness (QED) is 0.188. The van der Waals surface area contributed by atoms with Gasteiger partial charge in [-0.1, -0.05) is 77.1 Å². The number of carbonyl (C=O) groups is 1. The largest absolute Gasteiger partial charge is 0.465 e. The maximum absolute atomic E-state index is 13.4. The first kappa shape index (κ1) is 29.3. The maximum Gasteiger partial charge on any atom is 0.416 e. The summed E-state index contributed by atoms with van der Waals surface area (Å²) in [6.07, 6.45) is -2.80. The van der Waals surface area contributed by atoms with Gasteiger partial charge in [0.15, 0.2) is 5.76 Å². The number of aliphatic hydroxyl groups excluding tert-OH is 1. The van der Waals surface area contributed by atoms with E-state index in [-0.39, 0.29) is 23.8 Å². The molecule has 44 heavy (non-hydrogen) atoms. The van der Waals surface area contributed by atoms with Crippen LogP contribution >= 0.6 is 0 Å². The van der Waals surface area contributed by atoms with Crippen molar-refractivity contribution in [3.63, 3.8) is 0 Å². The van der Waals surface area contributed by atoms with Gasteiger partial charge in [-0.2, -0.15) is 13.2 Å². The van der Waals surface area contributed by atoms with E-state index < -0.39 is 23.3 Å². The molecule has 0 aliphatic heterocycles. The zero-order valence-corrected chi connectivity index (χ0v) is 24.0. The van der Waals surface area contributed by atoms with Gasteiger partial charge in [0.1, 0.15) is 11.8 Å². The Labute approximate surface area is 251 Å². The van der Waals surface area contributed by atoms with E-state index in [1.165, 1.54) is 29.1 Å². The number of halogens is 3. The van der Waals surface area contributed by atoms with Gasteiger partial charge in [0.25, 0.3) is 0 Å². The number of rotatable bonds is 9. The van der Waals surface area contributed by atoms with Crippen LogP contribution in [-0.2, 0) is 27.7 Å². The Hall–Kier alpha value is -4.77. The third kappa shape index (κ3) is 5.50. The number of carbonyl (C=O) groups excluding carboxylic acids is 1. The Kier molecular flexibility index (Phi) is 7.58. The molecule has 11 heteroatoms. The van der Waals surface area contributed by atoms with Crippen molar-refractivity contribution in [3.8, 4) is 22.5 Å². The standard InChI is InChI=1S/C33H29F3N4O4/c1-3-43-31(42)32(16-17-32)25-14-12-22(13-15-25)21-8-10-23(11-9-21)30-28(20(2)38-44-30)29(41)27-19-40(39-37-27)18-24-6-4-5-7-26(24)33(34,35)36/h4-15,19,29,41H,3,16-18H2,1-2H3. The molecule has 8 nitrogen and oxygen atoms in total. The molecule has 6 rings (SSSR count). The number of aryl methyl sites for hydroxylation is 1. The second kappa shape index (κ2) is 11.4. The molecule has 226 valence electrons. The molecular formula is C33H29F3N4O4. The Bertz CT molecular complexity index is 1790. The maximum atomic E-state index is 13.4. The molecule has 0 bridgehead atoms. The predicted octanol–water partition coefficient (Wildman–Crippen LogP) is 6.65. The molecule has 2 aromatic heterocycles. The molecular weight excluding hydrogens is 573 g/mol. The first-order valence-corrected chi connectivity index (χ1v) is 14.2. The van der Waals surface area contributed by atoms with Crippen molar-refractivity contribution in [1.29, 1.82) is 0 Å². The summed E-state index contributed by atoms with van der Waals surface area (Å²) in [6.45, 7) is 3.68. The van der Waals surface area contributed by atoms with Crippen LogP contribution in [0.3, 0.4) is 0 Å². The molecule has 1 N–H and O–H groups in total. The van der Waals surface area contributed by atoms with Crippen LogP contribution in [0.2, 0.25) is 0 Å². The minimum atomic E-state index is -4.50. The number of aromatic nitrogens is 4. The summed E-state index contributed by atoms with van der Waals surface area (Å²) < 4.78 is 52.4. The van der Waals surface area contributed by atoms with E-state index in [4.69, 9.17) is 9.26 Å². The Morgan fingerprint density at radius 2 is 1.66 bits per heavy atom. The second-order valence-corrected chi connectivity index (χ2v) is 10.9. The van der Waals surface area contributed by atoms with Crippen LogP contribution in [0.4, 0.5) is 13.2 Å². The lowest BCUT2D eigenvalue weighted by molar-refractivity contribution is -0.146. The lowest BCUT2D eigenvalue weighted by atomic mass is 9.93. The molecule has 1 aliphatic carbocycles. The minimum absolute atomic E-state index is 0.0357. The summed E-state index contributed by atoms with van der Waals surface area (Å²) in [5.74, 6) is 0.172. The van der Waals surface area contributed by atoms with Crippen molar-refractivity contribution >= 4 is 5.97 Å². The first-order chi connectivity index (χ1) is 21.1. The van der Waals surface area contributed by atoms with Crippen LogP contribution in [0.5, 0.6) is 0 Å². The van der Waals surface area contributed by atoms with Crippen LogP contribution in [-0.4, -0.2) is 37.8 Å². The summed E-state index contributed by atoms with van der Waals surface area (Å²) in [5.41, 5.74) is 3.27. The highest BCUT2D eigenvalue weighted by Gasteiger charge is 2.52. The van der Waals surface area contributed by atoms with Crippen molar-refractivity contribution in [2.24, 2.45) is 0 Å². The van der Waals surface area contributed by atoms with Crippen molar-refractivity contribution in [2.75, 3.05) is 6.61 Å². The van der Waals surface area contributed by atoms with Crippen LogP contribution < -0.4 is 0 Å². The highest BCUT2D eigenvalue weighted by Crippen LogP contribution is 2.49. The molecule has 1 saturated carbocycles. The molecule has 0 saturated heterocycles. The van der Waals surface area contributed by atoms with E-state index in [0.29, 0.717) is 29.2 Å². The molecule has 1 atom stereocenters. The molecule has 0 spiro atoms. The van der Waals surface area contributed by atoms with Crippen molar-refractivity contribution in [2.45, 2.75) is 50.9 Å². The number of hydrogen-bond donors (Lipinski definition) is 1. The Morgan fingerprint density at radius 3 is 2.30 bits per heavy atom. The molecule has 2 heterocycles. The summed E-state index contributed by atoms with van der Waals surface area (Å²) in [5, 5.41) is 23.3. The second-order valence-electron chi connectivity index (χ2n) is 10.9. The van der Waals surface area contributed by atoms with E-state index in [1.54, 1.807) is 13.8 Å². The molecule has 3 aromatic carbocycles. The van der Waals surface area contributed by atoms with E-state index in [2.05, 4.69) is 15.5 Å². The Balaban J connectivity index is 1.20. The number of ether oxygens (including phenoxy) is 1. The van der Waals surface area contributed by atoms with Crippen molar-refractivity contribution in [1.82, 2.24) is 20.2 Å². The third-order valence-corrected chi connectivity index (χ3v) is 8.01. The zero-order valence-electron chi connectivity index (χ0n) is 24.0. The fourth-order valence-corrected chi connectivity index (χ4v) is 5.48. The van der Waals surface area contributed by atoms with Gasteiger partial charge in [0.2, 0.25) is 0 Å². The van der Waals surface area contributed by atoms with Gasteiger partial charge in [-0.3, -0.25) is 4.79 Å². The fraction of sp³-hybridized carbons (Fsp3) is 0.273. The topological polar surface area (TPSA) is 103 Å². The van der Waals surface area contributed by atoms with Crippen LogP contribution in [0.15, 0.2) is 83.5 Å². The van der Waals surface area contributed by atoms with Crippen LogP contribution in [0.1, 0.15) is 59.5 Å². The van der Waals surface area contributed by atoms with Gasteiger partial charge >= 0.3 is 12.1 Å². The number of alkyl halides is 3. The lowest BCUT2D eigenvalue weighted by Crippen LogP contribution is -2.23. The number of aliphatic hydroxyl groups is 1. The predicted molar refractivity (Wildman–Crippen MR) is 154 cm³/mol. The third-order valence-electron chi connectivity index (χ3n) is 8.01. The summed E-state index contributed by atoms with van der Waals surface area (Å²) in [7, 11) is 0. The molecule has 5 aromatic rings. The highest BCUT2D eigenvalue weighted by molar-refractivity contribution is 5.87. The van der Waals surface area contributed by atoms with Gasteiger partial charge < -0.3 is 14.4 Å². The SMILES string of the molecule is CCOC(=O)C1(c2ccc(-c3ccc(-c4onc(C)c4C(O)c4cn(Cc5ccccc5C(F)(F)F)nn4)cc3)cc2)CC1. The fourth-order valence-electron chi connectivity index (χ4n) is 5.48. The van der Waals surface area contributed by atoms with Gasteiger partial charge in [0.05, 0.1) is 41.6 Å².